The van der Waals surface area contributed by atoms with Crippen molar-refractivity contribution in [1.29, 1.82) is 0 Å². The second kappa shape index (κ2) is 8.99. The van der Waals surface area contributed by atoms with Gasteiger partial charge in [0.05, 0.1) is 6.04 Å². The molecule has 2 heterocycles. The van der Waals surface area contributed by atoms with Gasteiger partial charge in [0, 0.05) is 31.6 Å². The van der Waals surface area contributed by atoms with Crippen molar-refractivity contribution in [2.24, 2.45) is 0 Å². The predicted molar refractivity (Wildman–Crippen MR) is 118 cm³/mol. The van der Waals surface area contributed by atoms with Crippen LogP contribution in [0.15, 0.2) is 35.7 Å². The molecule has 5 nitrogen and oxygen atoms in total. The summed E-state index contributed by atoms with van der Waals surface area (Å²) in [6.07, 6.45) is 1.68. The Kier molecular flexibility index (Phi) is 6.63. The Hall–Kier alpha value is -2.34. The number of carbonyl (C=O) groups is 2. The van der Waals surface area contributed by atoms with Crippen LogP contribution in [-0.4, -0.2) is 59.9 Å². The highest BCUT2D eigenvalue weighted by Crippen LogP contribution is 2.39. The lowest BCUT2D eigenvalue weighted by Crippen LogP contribution is -2.51. The summed E-state index contributed by atoms with van der Waals surface area (Å²) in [5.74, 6) is 0.00519. The molecule has 0 N–H and O–H groups in total. The molecule has 0 bridgehead atoms. The number of urea groups is 1. The molecule has 156 valence electrons. The van der Waals surface area contributed by atoms with Crippen molar-refractivity contribution in [3.05, 3.63) is 57.3 Å². The average molecular weight is 414 g/mol. The molecule has 2 aromatic rings. The van der Waals surface area contributed by atoms with E-state index in [0.717, 1.165) is 18.4 Å². The number of thiophene rings is 1. The summed E-state index contributed by atoms with van der Waals surface area (Å²) in [7, 11) is 3.47. The summed E-state index contributed by atoms with van der Waals surface area (Å²) in [5.41, 5.74) is 3.56. The molecule has 29 heavy (non-hydrogen) atoms. The van der Waals surface area contributed by atoms with E-state index in [1.54, 1.807) is 35.2 Å². The first-order valence-electron chi connectivity index (χ1n) is 10.2. The lowest BCUT2D eigenvalue weighted by Gasteiger charge is -2.39. The first-order chi connectivity index (χ1) is 13.8. The van der Waals surface area contributed by atoms with Crippen LogP contribution in [0.5, 0.6) is 0 Å². The SMILES string of the molecule is CC[C@H](C)N(CC(=O)N1CCc2sccc2[C@@H]1c1ccccc1C)C(=O)N(C)C. The number of amides is 3. The quantitative estimate of drug-likeness (QED) is 0.733. The molecule has 0 fully saturated rings. The van der Waals surface area contributed by atoms with Crippen molar-refractivity contribution < 1.29 is 9.59 Å². The molecule has 1 aromatic carbocycles. The van der Waals surface area contributed by atoms with Crippen molar-refractivity contribution in [1.82, 2.24) is 14.7 Å². The van der Waals surface area contributed by atoms with Crippen molar-refractivity contribution in [2.45, 2.75) is 45.7 Å². The minimum atomic E-state index is -0.117. The molecule has 0 aliphatic carbocycles. The highest BCUT2D eigenvalue weighted by Gasteiger charge is 2.35. The van der Waals surface area contributed by atoms with Crippen LogP contribution in [0.4, 0.5) is 4.79 Å². The van der Waals surface area contributed by atoms with Gasteiger partial charge >= 0.3 is 6.03 Å². The van der Waals surface area contributed by atoms with Crippen molar-refractivity contribution in [3.63, 3.8) is 0 Å². The van der Waals surface area contributed by atoms with Gasteiger partial charge in [-0.05, 0) is 54.8 Å². The lowest BCUT2D eigenvalue weighted by molar-refractivity contribution is -0.134. The molecule has 0 unspecified atom stereocenters. The third-order valence-corrected chi connectivity index (χ3v) is 6.82. The number of hydrogen-bond donors (Lipinski definition) is 0. The molecular formula is C23H31N3O2S. The molecule has 3 rings (SSSR count). The minimum absolute atomic E-state index is 0.00519. The van der Waals surface area contributed by atoms with E-state index in [9.17, 15) is 9.59 Å². The second-order valence-corrected chi connectivity index (χ2v) is 8.96. The van der Waals surface area contributed by atoms with E-state index in [4.69, 9.17) is 0 Å². The van der Waals surface area contributed by atoms with Gasteiger partial charge in [-0.1, -0.05) is 31.2 Å². The maximum absolute atomic E-state index is 13.5. The molecule has 0 spiro atoms. The van der Waals surface area contributed by atoms with E-state index < -0.39 is 0 Å². The van der Waals surface area contributed by atoms with Crippen molar-refractivity contribution >= 4 is 23.3 Å². The molecule has 0 radical (unpaired) electrons. The van der Waals surface area contributed by atoms with Crippen LogP contribution in [0.25, 0.3) is 0 Å². The van der Waals surface area contributed by atoms with Gasteiger partial charge in [0.1, 0.15) is 6.54 Å². The molecule has 0 saturated heterocycles. The van der Waals surface area contributed by atoms with Crippen molar-refractivity contribution in [2.75, 3.05) is 27.2 Å². The largest absolute Gasteiger partial charge is 0.331 e. The monoisotopic (exact) mass is 413 g/mol. The Balaban J connectivity index is 1.94. The van der Waals surface area contributed by atoms with E-state index in [1.807, 2.05) is 30.9 Å². The third kappa shape index (κ3) is 4.32. The van der Waals surface area contributed by atoms with Gasteiger partial charge in [-0.3, -0.25) is 4.79 Å². The second-order valence-electron chi connectivity index (χ2n) is 7.96. The molecular weight excluding hydrogens is 382 g/mol. The summed E-state index contributed by atoms with van der Waals surface area (Å²) in [5, 5.41) is 2.12. The fraction of sp³-hybridized carbons (Fsp3) is 0.478. The summed E-state index contributed by atoms with van der Waals surface area (Å²) >= 11 is 1.77. The number of fused-ring (bicyclic) bond motifs is 1. The van der Waals surface area contributed by atoms with Gasteiger partial charge < -0.3 is 14.7 Å². The van der Waals surface area contributed by atoms with Crippen LogP contribution in [0.3, 0.4) is 0 Å². The van der Waals surface area contributed by atoms with Crippen molar-refractivity contribution in [3.8, 4) is 0 Å². The van der Waals surface area contributed by atoms with Crippen LogP contribution in [-0.2, 0) is 11.2 Å². The highest BCUT2D eigenvalue weighted by molar-refractivity contribution is 7.10. The van der Waals surface area contributed by atoms with Gasteiger partial charge in [-0.25, -0.2) is 4.79 Å². The van der Waals surface area contributed by atoms with Crippen LogP contribution < -0.4 is 0 Å². The fourth-order valence-corrected chi connectivity index (χ4v) is 4.84. The number of hydrogen-bond acceptors (Lipinski definition) is 3. The Morgan fingerprint density at radius 1 is 1.21 bits per heavy atom. The Morgan fingerprint density at radius 2 is 1.93 bits per heavy atom. The molecule has 3 amide bonds. The zero-order chi connectivity index (χ0) is 21.1. The average Bonchev–Trinajstić information content (AvgIpc) is 3.19. The topological polar surface area (TPSA) is 43.9 Å². The standard InChI is InChI=1S/C23H31N3O2S/c1-6-17(3)26(23(28)24(4)5)15-21(27)25-13-11-20-19(12-14-29-20)22(25)18-10-8-7-9-16(18)2/h7-10,12,14,17,22H,6,11,13,15H2,1-5H3/t17-,22-/m0/s1. The Morgan fingerprint density at radius 3 is 2.59 bits per heavy atom. The zero-order valence-electron chi connectivity index (χ0n) is 18.0. The molecule has 0 saturated carbocycles. The number of rotatable bonds is 5. The van der Waals surface area contributed by atoms with E-state index >= 15 is 0 Å². The molecule has 1 aromatic heterocycles. The van der Waals surface area contributed by atoms with Crippen LogP contribution in [0.2, 0.25) is 0 Å². The summed E-state index contributed by atoms with van der Waals surface area (Å²) in [6, 6.07) is 10.2. The smallest absolute Gasteiger partial charge is 0.320 e. The third-order valence-electron chi connectivity index (χ3n) is 5.83. The maximum atomic E-state index is 13.5. The number of aryl methyl sites for hydroxylation is 1. The molecule has 2 atom stereocenters. The molecule has 1 aliphatic heterocycles. The Bertz CT molecular complexity index is 877. The van der Waals surface area contributed by atoms with Gasteiger partial charge in [0.25, 0.3) is 0 Å². The number of carbonyl (C=O) groups excluding carboxylic acids is 2. The number of nitrogens with zero attached hydrogens (tertiary/aromatic N) is 3. The normalized spacial score (nSPS) is 16.9. The Labute approximate surface area is 177 Å². The van der Waals surface area contributed by atoms with E-state index in [1.165, 1.54) is 16.0 Å². The molecule has 6 heteroatoms. The summed E-state index contributed by atoms with van der Waals surface area (Å²) in [6.45, 7) is 6.92. The van der Waals surface area contributed by atoms with Gasteiger partial charge in [-0.2, -0.15) is 0 Å². The van der Waals surface area contributed by atoms with E-state index in [2.05, 4.69) is 30.5 Å². The predicted octanol–water partition coefficient (Wildman–Crippen LogP) is 4.31. The molecule has 1 aliphatic rings. The first kappa shape index (κ1) is 21.4. The summed E-state index contributed by atoms with van der Waals surface area (Å²) in [4.78, 5) is 32.8. The first-order valence-corrected chi connectivity index (χ1v) is 11.1. The fourth-order valence-electron chi connectivity index (χ4n) is 3.94. The maximum Gasteiger partial charge on any atom is 0.320 e. The lowest BCUT2D eigenvalue weighted by atomic mass is 9.90. The van der Waals surface area contributed by atoms with E-state index in [0.29, 0.717) is 6.54 Å². The van der Waals surface area contributed by atoms with Crippen LogP contribution in [0.1, 0.15) is 47.9 Å². The minimum Gasteiger partial charge on any atom is -0.331 e. The van der Waals surface area contributed by atoms with Gasteiger partial charge in [-0.15, -0.1) is 11.3 Å². The van der Waals surface area contributed by atoms with Gasteiger partial charge in [0.2, 0.25) is 5.91 Å². The van der Waals surface area contributed by atoms with E-state index in [-0.39, 0.29) is 30.6 Å². The number of benzene rings is 1. The van der Waals surface area contributed by atoms with Gasteiger partial charge in [0.15, 0.2) is 0 Å². The zero-order valence-corrected chi connectivity index (χ0v) is 18.8. The highest BCUT2D eigenvalue weighted by atomic mass is 32.1. The van der Waals surface area contributed by atoms with Crippen LogP contribution in [0, 0.1) is 6.92 Å². The van der Waals surface area contributed by atoms with Crippen LogP contribution >= 0.6 is 11.3 Å². The summed E-state index contributed by atoms with van der Waals surface area (Å²) < 4.78 is 0.